The number of rotatable bonds is 0. The van der Waals surface area contributed by atoms with Crippen LogP contribution in [0.5, 0.6) is 0 Å². The molecule has 1 amide bonds. The summed E-state index contributed by atoms with van der Waals surface area (Å²) in [5.41, 5.74) is -0.394. The van der Waals surface area contributed by atoms with E-state index in [0.717, 1.165) is 10.9 Å². The number of carbonyl (C=O) groups excluding carboxylic acids is 1. The molecule has 0 N–H and O–H groups in total. The highest BCUT2D eigenvalue weighted by atomic mass is 16.6. The van der Waals surface area contributed by atoms with Gasteiger partial charge in [0.2, 0.25) is 0 Å². The van der Waals surface area contributed by atoms with Crippen LogP contribution in [0.3, 0.4) is 0 Å². The zero-order valence-electron chi connectivity index (χ0n) is 16.0. The number of hydrogen-bond acceptors (Lipinski definition) is 3. The Morgan fingerprint density at radius 2 is 1.88 bits per heavy atom. The highest BCUT2D eigenvalue weighted by Crippen LogP contribution is 2.29. The van der Waals surface area contributed by atoms with Crippen molar-refractivity contribution in [2.75, 3.05) is 6.61 Å². The maximum absolute atomic E-state index is 12.6. The van der Waals surface area contributed by atoms with Crippen LogP contribution >= 0.6 is 0 Å². The van der Waals surface area contributed by atoms with Gasteiger partial charge >= 0.3 is 6.09 Å². The van der Waals surface area contributed by atoms with Crippen LogP contribution in [-0.4, -0.2) is 35.0 Å². The molecule has 2 aromatic carbocycles. The van der Waals surface area contributed by atoms with Crippen LogP contribution < -0.4 is 0 Å². The molecule has 1 aliphatic heterocycles. The molecule has 1 saturated heterocycles. The average molecular weight is 351 g/mol. The van der Waals surface area contributed by atoms with E-state index in [-0.39, 0.29) is 6.04 Å². The molecule has 2 aromatic rings. The largest absolute Gasteiger partial charge is 0.444 e. The van der Waals surface area contributed by atoms with E-state index in [9.17, 15) is 4.79 Å². The number of benzene rings is 2. The van der Waals surface area contributed by atoms with Crippen molar-refractivity contribution in [3.05, 3.63) is 48.0 Å². The van der Waals surface area contributed by atoms with Crippen LogP contribution in [0.15, 0.2) is 42.5 Å². The lowest BCUT2D eigenvalue weighted by Crippen LogP contribution is -2.49. The van der Waals surface area contributed by atoms with Gasteiger partial charge < -0.3 is 9.47 Å². The van der Waals surface area contributed by atoms with Gasteiger partial charge in [-0.3, -0.25) is 4.90 Å². The Bertz CT molecular complexity index is 883. The molecule has 1 atom stereocenters. The predicted octanol–water partition coefficient (Wildman–Crippen LogP) is 4.56. The lowest BCUT2D eigenvalue weighted by molar-refractivity contribution is -0.0608. The Balaban J connectivity index is 1.85. The summed E-state index contributed by atoms with van der Waals surface area (Å²) in [4.78, 5) is 14.2. The molecule has 4 nitrogen and oxygen atoms in total. The zero-order chi connectivity index (χ0) is 18.9. The molecule has 136 valence electrons. The lowest BCUT2D eigenvalue weighted by atomic mass is 10.1. The van der Waals surface area contributed by atoms with Gasteiger partial charge in [0.15, 0.2) is 0 Å². The van der Waals surface area contributed by atoms with Gasteiger partial charge in [0.05, 0.1) is 6.61 Å². The molecule has 3 rings (SSSR count). The predicted molar refractivity (Wildman–Crippen MR) is 103 cm³/mol. The first-order valence-corrected chi connectivity index (χ1v) is 8.82. The molecule has 0 radical (unpaired) electrons. The molecule has 0 aliphatic carbocycles. The second-order valence-electron chi connectivity index (χ2n) is 7.96. The maximum Gasteiger partial charge on any atom is 0.413 e. The molecule has 1 aliphatic rings. The van der Waals surface area contributed by atoms with Crippen LogP contribution in [-0.2, 0) is 9.47 Å². The van der Waals surface area contributed by atoms with E-state index in [1.54, 1.807) is 4.90 Å². The fourth-order valence-corrected chi connectivity index (χ4v) is 3.00. The number of fused-ring (bicyclic) bond motifs is 1. The van der Waals surface area contributed by atoms with Gasteiger partial charge in [0, 0.05) is 5.56 Å². The maximum atomic E-state index is 12.6. The van der Waals surface area contributed by atoms with Crippen molar-refractivity contribution in [3.8, 4) is 11.8 Å². The number of ether oxygens (including phenoxy) is 2. The van der Waals surface area contributed by atoms with Gasteiger partial charge in [-0.25, -0.2) is 4.79 Å². The highest BCUT2D eigenvalue weighted by Gasteiger charge is 2.45. The van der Waals surface area contributed by atoms with E-state index in [1.807, 2.05) is 52.8 Å². The quantitative estimate of drug-likeness (QED) is 0.653. The summed E-state index contributed by atoms with van der Waals surface area (Å²) < 4.78 is 11.3. The van der Waals surface area contributed by atoms with E-state index < -0.39 is 17.4 Å². The number of carbonyl (C=O) groups is 1. The molecular weight excluding hydrogens is 326 g/mol. The molecule has 4 heteroatoms. The zero-order valence-corrected chi connectivity index (χ0v) is 16.0. The third-order valence-electron chi connectivity index (χ3n) is 4.21. The monoisotopic (exact) mass is 351 g/mol. The fraction of sp³-hybridized carbons (Fsp3) is 0.409. The molecule has 1 fully saturated rings. The second-order valence-corrected chi connectivity index (χ2v) is 7.96. The standard InChI is InChI=1S/C22H25NO3/c1-21(2,3)26-20(24)23-19(15-25-22(23,4)5)13-11-16-10-12-17-8-6-7-9-18(17)14-16/h6-10,12,14,19H,15H2,1-5H3/t19-/m1/s1. The van der Waals surface area contributed by atoms with Crippen LogP contribution in [0.4, 0.5) is 4.79 Å². The Morgan fingerprint density at radius 3 is 2.58 bits per heavy atom. The Kier molecular flexibility index (Phi) is 4.68. The van der Waals surface area contributed by atoms with Crippen LogP contribution in [0.25, 0.3) is 10.8 Å². The first kappa shape index (κ1) is 18.3. The first-order valence-electron chi connectivity index (χ1n) is 8.82. The van der Waals surface area contributed by atoms with Gasteiger partial charge in [-0.1, -0.05) is 42.2 Å². The molecular formula is C22H25NO3. The van der Waals surface area contributed by atoms with Crippen molar-refractivity contribution in [2.24, 2.45) is 0 Å². The smallest absolute Gasteiger partial charge is 0.413 e. The first-order chi connectivity index (χ1) is 12.2. The van der Waals surface area contributed by atoms with Gasteiger partial charge in [-0.05, 0) is 57.5 Å². The summed E-state index contributed by atoms with van der Waals surface area (Å²) in [5.74, 6) is 6.37. The molecule has 0 spiro atoms. The average Bonchev–Trinajstić information content (AvgIpc) is 2.86. The van der Waals surface area contributed by atoms with Gasteiger partial charge in [-0.15, -0.1) is 0 Å². The molecule has 1 heterocycles. The van der Waals surface area contributed by atoms with Crippen molar-refractivity contribution in [1.29, 1.82) is 0 Å². The summed E-state index contributed by atoms with van der Waals surface area (Å²) in [5, 5.41) is 2.32. The Morgan fingerprint density at radius 1 is 1.19 bits per heavy atom. The molecule has 0 aromatic heterocycles. The van der Waals surface area contributed by atoms with Crippen LogP contribution in [0.1, 0.15) is 40.2 Å². The summed E-state index contributed by atoms with van der Waals surface area (Å²) in [6.45, 7) is 9.63. The number of nitrogens with zero attached hydrogens (tertiary/aromatic N) is 1. The molecule has 0 bridgehead atoms. The molecule has 26 heavy (non-hydrogen) atoms. The minimum absolute atomic E-state index is 0.341. The van der Waals surface area contributed by atoms with Crippen molar-refractivity contribution in [2.45, 2.75) is 52.0 Å². The fourth-order valence-electron chi connectivity index (χ4n) is 3.00. The van der Waals surface area contributed by atoms with Crippen molar-refractivity contribution in [3.63, 3.8) is 0 Å². The summed E-state index contributed by atoms with van der Waals surface area (Å²) in [6, 6.07) is 13.9. The Labute approximate surface area is 155 Å². The van der Waals surface area contributed by atoms with Crippen molar-refractivity contribution >= 4 is 16.9 Å². The van der Waals surface area contributed by atoms with Gasteiger partial charge in [0.25, 0.3) is 0 Å². The number of hydrogen-bond donors (Lipinski definition) is 0. The SMILES string of the molecule is CC(C)(C)OC(=O)N1[C@H](C#Cc2ccc3ccccc3c2)COC1(C)C. The number of amides is 1. The van der Waals surface area contributed by atoms with E-state index in [2.05, 4.69) is 36.1 Å². The molecule has 0 unspecified atom stereocenters. The summed E-state index contributed by atoms with van der Waals surface area (Å²) in [6.07, 6.45) is -0.405. The van der Waals surface area contributed by atoms with Gasteiger partial charge in [0.1, 0.15) is 17.4 Å². The van der Waals surface area contributed by atoms with Crippen molar-refractivity contribution in [1.82, 2.24) is 4.90 Å². The Hall–Kier alpha value is -2.51. The normalized spacial score (nSPS) is 19.1. The topological polar surface area (TPSA) is 38.8 Å². The third-order valence-corrected chi connectivity index (χ3v) is 4.21. The lowest BCUT2D eigenvalue weighted by Gasteiger charge is -2.33. The van der Waals surface area contributed by atoms with E-state index in [0.29, 0.717) is 6.61 Å². The third kappa shape index (κ3) is 4.00. The minimum Gasteiger partial charge on any atom is -0.444 e. The second kappa shape index (κ2) is 6.66. The summed E-state index contributed by atoms with van der Waals surface area (Å²) >= 11 is 0. The van der Waals surface area contributed by atoms with E-state index in [1.165, 1.54) is 5.39 Å². The van der Waals surface area contributed by atoms with Crippen molar-refractivity contribution < 1.29 is 14.3 Å². The molecule has 0 saturated carbocycles. The van der Waals surface area contributed by atoms with Crippen LogP contribution in [0, 0.1) is 11.8 Å². The van der Waals surface area contributed by atoms with E-state index in [4.69, 9.17) is 9.47 Å². The van der Waals surface area contributed by atoms with E-state index >= 15 is 0 Å². The summed E-state index contributed by atoms with van der Waals surface area (Å²) in [7, 11) is 0. The highest BCUT2D eigenvalue weighted by molar-refractivity contribution is 5.83. The van der Waals surface area contributed by atoms with Crippen LogP contribution in [0.2, 0.25) is 0 Å². The van der Waals surface area contributed by atoms with Gasteiger partial charge in [-0.2, -0.15) is 0 Å². The minimum atomic E-state index is -0.745.